The Hall–Kier alpha value is -2.17. The predicted octanol–water partition coefficient (Wildman–Crippen LogP) is 1.89. The Morgan fingerprint density at radius 3 is 2.76 bits per heavy atom. The van der Waals surface area contributed by atoms with Crippen LogP contribution in [0.1, 0.15) is 0 Å². The van der Waals surface area contributed by atoms with Crippen molar-refractivity contribution < 1.29 is 9.47 Å². The molecule has 5 heteroatoms. The first-order valence-electron chi connectivity index (χ1n) is 5.50. The lowest BCUT2D eigenvalue weighted by Crippen LogP contribution is -2.15. The Morgan fingerprint density at radius 2 is 2.00 bits per heavy atom. The first-order valence-corrected chi connectivity index (χ1v) is 5.50. The van der Waals surface area contributed by atoms with Gasteiger partial charge in [-0.3, -0.25) is 5.10 Å². The summed E-state index contributed by atoms with van der Waals surface area (Å²) >= 11 is 0. The van der Waals surface area contributed by atoms with Crippen LogP contribution in [-0.4, -0.2) is 30.5 Å². The van der Waals surface area contributed by atoms with Gasteiger partial charge in [0.1, 0.15) is 19.0 Å². The number of nitrogens with zero attached hydrogens (tertiary/aromatic N) is 1. The Bertz CT molecular complexity index is 536. The third-order valence-corrected chi connectivity index (χ3v) is 2.69. The minimum Gasteiger partial charge on any atom is -0.486 e. The largest absolute Gasteiger partial charge is 0.486 e. The van der Waals surface area contributed by atoms with Gasteiger partial charge in [-0.05, 0) is 18.2 Å². The SMILES string of the molecule is CNc1cc(-c2ccc3c(c2)OCCO3)[nH]n1. The molecule has 1 aromatic heterocycles. The molecule has 2 aromatic rings. The lowest BCUT2D eigenvalue weighted by molar-refractivity contribution is 0.171. The highest BCUT2D eigenvalue weighted by atomic mass is 16.6. The van der Waals surface area contributed by atoms with Gasteiger partial charge in [-0.15, -0.1) is 0 Å². The van der Waals surface area contributed by atoms with Crippen molar-refractivity contribution in [1.29, 1.82) is 0 Å². The first kappa shape index (κ1) is 10.0. The minimum atomic E-state index is 0.598. The van der Waals surface area contributed by atoms with E-state index < -0.39 is 0 Å². The molecule has 0 radical (unpaired) electrons. The molecule has 0 spiro atoms. The monoisotopic (exact) mass is 231 g/mol. The van der Waals surface area contributed by atoms with Crippen molar-refractivity contribution in [3.63, 3.8) is 0 Å². The number of rotatable bonds is 2. The van der Waals surface area contributed by atoms with Gasteiger partial charge < -0.3 is 14.8 Å². The van der Waals surface area contributed by atoms with Crippen LogP contribution in [0.25, 0.3) is 11.3 Å². The lowest BCUT2D eigenvalue weighted by atomic mass is 10.1. The molecule has 3 rings (SSSR count). The van der Waals surface area contributed by atoms with Crippen LogP contribution in [0.3, 0.4) is 0 Å². The van der Waals surface area contributed by atoms with Gasteiger partial charge in [0.2, 0.25) is 0 Å². The molecule has 0 saturated heterocycles. The molecule has 1 aliphatic rings. The molecule has 0 atom stereocenters. The Labute approximate surface area is 98.8 Å². The van der Waals surface area contributed by atoms with Crippen molar-refractivity contribution in [3.8, 4) is 22.8 Å². The third kappa shape index (κ3) is 1.80. The molecule has 88 valence electrons. The van der Waals surface area contributed by atoms with Crippen molar-refractivity contribution in [2.45, 2.75) is 0 Å². The average Bonchev–Trinajstić information content (AvgIpc) is 2.87. The highest BCUT2D eigenvalue weighted by Gasteiger charge is 2.13. The van der Waals surface area contributed by atoms with Crippen LogP contribution in [-0.2, 0) is 0 Å². The van der Waals surface area contributed by atoms with E-state index in [1.807, 2.05) is 31.3 Å². The second-order valence-electron chi connectivity index (χ2n) is 3.78. The number of H-pyrrole nitrogens is 1. The summed E-state index contributed by atoms with van der Waals surface area (Å²) in [5, 5.41) is 10.1. The van der Waals surface area contributed by atoms with E-state index in [4.69, 9.17) is 9.47 Å². The van der Waals surface area contributed by atoms with E-state index in [2.05, 4.69) is 15.5 Å². The maximum absolute atomic E-state index is 5.54. The molecule has 2 N–H and O–H groups in total. The number of anilines is 1. The molecule has 17 heavy (non-hydrogen) atoms. The van der Waals surface area contributed by atoms with Crippen LogP contribution < -0.4 is 14.8 Å². The normalized spacial score (nSPS) is 13.5. The molecule has 0 aliphatic carbocycles. The molecule has 2 heterocycles. The van der Waals surface area contributed by atoms with E-state index >= 15 is 0 Å². The van der Waals surface area contributed by atoms with E-state index in [0.717, 1.165) is 28.6 Å². The quantitative estimate of drug-likeness (QED) is 0.828. The Kier molecular flexibility index (Phi) is 2.36. The van der Waals surface area contributed by atoms with Gasteiger partial charge in [0, 0.05) is 18.7 Å². The summed E-state index contributed by atoms with van der Waals surface area (Å²) in [7, 11) is 1.84. The van der Waals surface area contributed by atoms with Crippen molar-refractivity contribution in [2.75, 3.05) is 25.6 Å². The fraction of sp³-hybridized carbons (Fsp3) is 0.250. The van der Waals surface area contributed by atoms with Crippen molar-refractivity contribution in [1.82, 2.24) is 10.2 Å². The van der Waals surface area contributed by atoms with Crippen LogP contribution in [0.4, 0.5) is 5.82 Å². The van der Waals surface area contributed by atoms with Crippen LogP contribution in [0.5, 0.6) is 11.5 Å². The molecular formula is C12H13N3O2. The van der Waals surface area contributed by atoms with Gasteiger partial charge in [-0.2, -0.15) is 5.10 Å². The maximum atomic E-state index is 5.54. The molecule has 0 bridgehead atoms. The number of fused-ring (bicyclic) bond motifs is 1. The number of nitrogens with one attached hydrogen (secondary N) is 2. The summed E-state index contributed by atoms with van der Waals surface area (Å²) in [6.45, 7) is 1.21. The summed E-state index contributed by atoms with van der Waals surface area (Å²) in [6.07, 6.45) is 0. The zero-order chi connectivity index (χ0) is 11.7. The maximum Gasteiger partial charge on any atom is 0.162 e. The van der Waals surface area contributed by atoms with Crippen LogP contribution in [0.15, 0.2) is 24.3 Å². The first-order chi connectivity index (χ1) is 8.36. The fourth-order valence-electron chi connectivity index (χ4n) is 1.81. The summed E-state index contributed by atoms with van der Waals surface area (Å²) in [6, 6.07) is 7.82. The molecule has 1 aromatic carbocycles. The molecule has 0 fully saturated rings. The number of aromatic nitrogens is 2. The fourth-order valence-corrected chi connectivity index (χ4v) is 1.81. The third-order valence-electron chi connectivity index (χ3n) is 2.69. The number of aromatic amines is 1. The highest BCUT2D eigenvalue weighted by molar-refractivity contribution is 5.66. The van der Waals surface area contributed by atoms with E-state index in [0.29, 0.717) is 13.2 Å². The average molecular weight is 231 g/mol. The van der Waals surface area contributed by atoms with E-state index in [9.17, 15) is 0 Å². The molecular weight excluding hydrogens is 218 g/mol. The second-order valence-corrected chi connectivity index (χ2v) is 3.78. The Morgan fingerprint density at radius 1 is 1.18 bits per heavy atom. The van der Waals surface area contributed by atoms with Crippen molar-refractivity contribution in [3.05, 3.63) is 24.3 Å². The molecule has 0 amide bonds. The number of benzene rings is 1. The van der Waals surface area contributed by atoms with Gasteiger partial charge in [-0.1, -0.05) is 0 Å². The molecule has 0 saturated carbocycles. The van der Waals surface area contributed by atoms with E-state index in [1.165, 1.54) is 0 Å². The standard InChI is InChI=1S/C12H13N3O2/c1-13-12-7-9(14-15-12)8-2-3-10-11(6-8)17-5-4-16-10/h2-3,6-7H,4-5H2,1H3,(H2,13,14,15). The van der Waals surface area contributed by atoms with Gasteiger partial charge in [0.05, 0.1) is 5.69 Å². The number of hydrogen-bond acceptors (Lipinski definition) is 4. The van der Waals surface area contributed by atoms with Gasteiger partial charge in [0.25, 0.3) is 0 Å². The van der Waals surface area contributed by atoms with Crippen LogP contribution >= 0.6 is 0 Å². The molecule has 1 aliphatic heterocycles. The topological polar surface area (TPSA) is 59.2 Å². The number of ether oxygens (including phenoxy) is 2. The van der Waals surface area contributed by atoms with Gasteiger partial charge in [0.15, 0.2) is 11.5 Å². The summed E-state index contributed by atoms with van der Waals surface area (Å²) in [5.74, 6) is 2.40. The summed E-state index contributed by atoms with van der Waals surface area (Å²) in [4.78, 5) is 0. The summed E-state index contributed by atoms with van der Waals surface area (Å²) in [5.41, 5.74) is 1.98. The minimum absolute atomic E-state index is 0.598. The zero-order valence-electron chi connectivity index (χ0n) is 9.49. The predicted molar refractivity (Wildman–Crippen MR) is 64.6 cm³/mol. The molecule has 0 unspecified atom stereocenters. The van der Waals surface area contributed by atoms with Crippen LogP contribution in [0.2, 0.25) is 0 Å². The molecule has 5 nitrogen and oxygen atoms in total. The van der Waals surface area contributed by atoms with E-state index in [-0.39, 0.29) is 0 Å². The number of hydrogen-bond donors (Lipinski definition) is 2. The van der Waals surface area contributed by atoms with Crippen molar-refractivity contribution >= 4 is 5.82 Å². The highest BCUT2D eigenvalue weighted by Crippen LogP contribution is 2.34. The second kappa shape index (κ2) is 4.01. The van der Waals surface area contributed by atoms with Gasteiger partial charge >= 0.3 is 0 Å². The smallest absolute Gasteiger partial charge is 0.162 e. The zero-order valence-corrected chi connectivity index (χ0v) is 9.49. The van der Waals surface area contributed by atoms with Crippen molar-refractivity contribution in [2.24, 2.45) is 0 Å². The lowest BCUT2D eigenvalue weighted by Gasteiger charge is -2.18. The Balaban J connectivity index is 1.97. The van der Waals surface area contributed by atoms with Crippen LogP contribution in [0, 0.1) is 0 Å². The summed E-state index contributed by atoms with van der Waals surface area (Å²) < 4.78 is 11.0. The van der Waals surface area contributed by atoms with Gasteiger partial charge in [-0.25, -0.2) is 0 Å². The van der Waals surface area contributed by atoms with E-state index in [1.54, 1.807) is 0 Å².